The van der Waals surface area contributed by atoms with E-state index in [1.165, 1.54) is 8.61 Å². The van der Waals surface area contributed by atoms with Crippen LogP contribution in [0.1, 0.15) is 34.6 Å². The van der Waals surface area contributed by atoms with E-state index < -0.39 is 20.0 Å². The number of nitrogens with zero attached hydrogens (tertiary/aromatic N) is 4. The van der Waals surface area contributed by atoms with Crippen molar-refractivity contribution in [1.82, 2.24) is 18.4 Å². The van der Waals surface area contributed by atoms with Gasteiger partial charge in [-0.25, -0.2) is 16.8 Å². The summed E-state index contributed by atoms with van der Waals surface area (Å²) in [7, 11) is -6.51. The number of hydrogen-bond donors (Lipinski definition) is 0. The molecule has 0 N–H and O–H groups in total. The fraction of sp³-hybridized carbons (Fsp3) is 0.600. The summed E-state index contributed by atoms with van der Waals surface area (Å²) in [4.78, 5) is 28.8. The van der Waals surface area contributed by atoms with Crippen LogP contribution in [0.15, 0.2) is 24.3 Å². The van der Waals surface area contributed by atoms with Crippen LogP contribution in [0.4, 0.5) is 0 Å². The predicted octanol–water partition coefficient (Wildman–Crippen LogP) is -0.0984. The summed E-state index contributed by atoms with van der Waals surface area (Å²) in [6.07, 6.45) is 0. The number of sulfonamides is 2. The minimum absolute atomic E-state index is 0.0416. The molecule has 0 aromatic heterocycles. The predicted molar refractivity (Wildman–Crippen MR) is 120 cm³/mol. The number of carbonyl (C=O) groups is 2. The van der Waals surface area contributed by atoms with E-state index in [-0.39, 0.29) is 49.5 Å². The van der Waals surface area contributed by atoms with Crippen molar-refractivity contribution in [3.8, 4) is 0 Å². The Morgan fingerprint density at radius 2 is 0.906 bits per heavy atom. The largest absolute Gasteiger partial charge is 0.336 e. The fourth-order valence-electron chi connectivity index (χ4n) is 3.82. The highest BCUT2D eigenvalue weighted by molar-refractivity contribution is 7.89. The van der Waals surface area contributed by atoms with Crippen LogP contribution < -0.4 is 0 Å². The minimum Gasteiger partial charge on any atom is -0.336 e. The Balaban J connectivity index is 1.57. The van der Waals surface area contributed by atoms with Crippen molar-refractivity contribution >= 4 is 31.9 Å². The molecule has 0 radical (unpaired) electrons. The van der Waals surface area contributed by atoms with Crippen LogP contribution in [-0.2, 0) is 20.0 Å². The van der Waals surface area contributed by atoms with Crippen LogP contribution in [0.5, 0.6) is 0 Å². The highest BCUT2D eigenvalue weighted by atomic mass is 32.2. The summed E-state index contributed by atoms with van der Waals surface area (Å²) in [6.45, 7) is 5.60. The molecule has 32 heavy (non-hydrogen) atoms. The first kappa shape index (κ1) is 24.6. The monoisotopic (exact) mass is 486 g/mol. The van der Waals surface area contributed by atoms with Gasteiger partial charge in [0.2, 0.25) is 20.0 Å². The van der Waals surface area contributed by atoms with E-state index in [4.69, 9.17) is 0 Å². The first-order valence-electron chi connectivity index (χ1n) is 10.7. The van der Waals surface area contributed by atoms with Gasteiger partial charge in [0, 0.05) is 63.5 Å². The molecule has 10 nitrogen and oxygen atoms in total. The van der Waals surface area contributed by atoms with Crippen LogP contribution in [-0.4, -0.2) is 111 Å². The molecule has 178 valence electrons. The van der Waals surface area contributed by atoms with Crippen molar-refractivity contribution in [3.63, 3.8) is 0 Å². The number of rotatable bonds is 6. The molecule has 2 heterocycles. The van der Waals surface area contributed by atoms with Gasteiger partial charge in [-0.15, -0.1) is 0 Å². The van der Waals surface area contributed by atoms with Gasteiger partial charge in [0.1, 0.15) is 0 Å². The van der Waals surface area contributed by atoms with Gasteiger partial charge in [-0.2, -0.15) is 8.61 Å². The topological polar surface area (TPSA) is 115 Å². The molecular weight excluding hydrogens is 456 g/mol. The maximum Gasteiger partial charge on any atom is 0.253 e. The first-order chi connectivity index (χ1) is 15.1. The van der Waals surface area contributed by atoms with E-state index in [1.54, 1.807) is 47.9 Å². The van der Waals surface area contributed by atoms with E-state index in [2.05, 4.69) is 0 Å². The van der Waals surface area contributed by atoms with Crippen LogP contribution in [0.3, 0.4) is 0 Å². The first-order valence-corrected chi connectivity index (χ1v) is 13.9. The zero-order valence-corrected chi connectivity index (χ0v) is 20.1. The highest BCUT2D eigenvalue weighted by Gasteiger charge is 2.30. The average Bonchev–Trinajstić information content (AvgIpc) is 2.83. The summed E-state index contributed by atoms with van der Waals surface area (Å²) in [5.41, 5.74) is 0.874. The van der Waals surface area contributed by atoms with Crippen molar-refractivity contribution in [2.24, 2.45) is 0 Å². The Bertz CT molecular complexity index is 955. The molecule has 2 aliphatic heterocycles. The Labute approximate surface area is 189 Å². The van der Waals surface area contributed by atoms with E-state index in [0.29, 0.717) is 37.3 Å². The molecule has 2 fully saturated rings. The molecule has 0 unspecified atom stereocenters. The molecule has 0 aliphatic carbocycles. The lowest BCUT2D eigenvalue weighted by atomic mass is 10.1. The number of hydrogen-bond acceptors (Lipinski definition) is 6. The van der Waals surface area contributed by atoms with Crippen molar-refractivity contribution in [3.05, 3.63) is 35.4 Å². The maximum atomic E-state index is 12.8. The van der Waals surface area contributed by atoms with Gasteiger partial charge in [-0.1, -0.05) is 0 Å². The molecule has 1 aromatic carbocycles. The summed E-state index contributed by atoms with van der Waals surface area (Å²) in [5.74, 6) is -0.313. The van der Waals surface area contributed by atoms with Crippen molar-refractivity contribution in [1.29, 1.82) is 0 Å². The van der Waals surface area contributed by atoms with Gasteiger partial charge in [0.25, 0.3) is 11.8 Å². The van der Waals surface area contributed by atoms with Crippen molar-refractivity contribution in [2.45, 2.75) is 13.8 Å². The average molecular weight is 487 g/mol. The molecule has 0 saturated carbocycles. The number of amides is 2. The van der Waals surface area contributed by atoms with Gasteiger partial charge in [0.05, 0.1) is 11.5 Å². The highest BCUT2D eigenvalue weighted by Crippen LogP contribution is 2.15. The third-order valence-corrected chi connectivity index (χ3v) is 9.71. The van der Waals surface area contributed by atoms with Gasteiger partial charge in [0.15, 0.2) is 0 Å². The second-order valence-electron chi connectivity index (χ2n) is 7.76. The molecule has 2 saturated heterocycles. The Morgan fingerprint density at radius 3 is 1.16 bits per heavy atom. The Hall–Kier alpha value is -2.02. The van der Waals surface area contributed by atoms with E-state index in [1.807, 2.05) is 0 Å². The summed E-state index contributed by atoms with van der Waals surface area (Å²) >= 11 is 0. The smallest absolute Gasteiger partial charge is 0.253 e. The second-order valence-corrected chi connectivity index (χ2v) is 12.3. The van der Waals surface area contributed by atoms with Crippen LogP contribution >= 0.6 is 0 Å². The van der Waals surface area contributed by atoms with Crippen LogP contribution in [0.2, 0.25) is 0 Å². The lowest BCUT2D eigenvalue weighted by molar-refractivity contribution is 0.0687. The molecule has 1 aromatic rings. The molecule has 0 spiro atoms. The fourth-order valence-corrected chi connectivity index (χ4v) is 5.99. The van der Waals surface area contributed by atoms with Crippen LogP contribution in [0, 0.1) is 0 Å². The maximum absolute atomic E-state index is 12.8. The third-order valence-electron chi connectivity index (χ3n) is 5.95. The molecule has 0 atom stereocenters. The summed E-state index contributed by atoms with van der Waals surface area (Å²) in [6, 6.07) is 6.40. The normalized spacial score (nSPS) is 19.2. The van der Waals surface area contributed by atoms with E-state index in [9.17, 15) is 26.4 Å². The van der Waals surface area contributed by atoms with Gasteiger partial charge in [-0.05, 0) is 38.1 Å². The standard InChI is InChI=1S/C20H30N4O6S2/c1-3-31(27,28)23-13-9-21(10-14-23)19(25)17-5-7-18(8-6-17)20(26)22-11-15-24(16-12-22)32(29,30)4-2/h5-8H,3-4,9-16H2,1-2H3. The Morgan fingerprint density at radius 1 is 0.625 bits per heavy atom. The number of piperazine rings is 2. The molecule has 12 heteroatoms. The van der Waals surface area contributed by atoms with Crippen molar-refractivity contribution < 1.29 is 26.4 Å². The summed E-state index contributed by atoms with van der Waals surface area (Å²) in [5, 5.41) is 0. The molecular formula is C20H30N4O6S2. The zero-order chi connectivity index (χ0) is 23.5. The minimum atomic E-state index is -3.26. The molecule has 2 amide bonds. The van der Waals surface area contributed by atoms with Gasteiger partial charge in [-0.3, -0.25) is 9.59 Å². The van der Waals surface area contributed by atoms with Gasteiger partial charge >= 0.3 is 0 Å². The van der Waals surface area contributed by atoms with E-state index >= 15 is 0 Å². The zero-order valence-electron chi connectivity index (χ0n) is 18.4. The number of benzene rings is 1. The molecule has 3 rings (SSSR count). The quantitative estimate of drug-likeness (QED) is 0.555. The third kappa shape index (κ3) is 5.30. The molecule has 0 bridgehead atoms. The lowest BCUT2D eigenvalue weighted by Gasteiger charge is -2.34. The van der Waals surface area contributed by atoms with Gasteiger partial charge < -0.3 is 9.80 Å². The van der Waals surface area contributed by atoms with Crippen LogP contribution in [0.25, 0.3) is 0 Å². The lowest BCUT2D eigenvalue weighted by Crippen LogP contribution is -2.51. The van der Waals surface area contributed by atoms with Crippen molar-refractivity contribution in [2.75, 3.05) is 63.9 Å². The second kappa shape index (κ2) is 9.86. The summed E-state index contributed by atoms with van der Waals surface area (Å²) < 4.78 is 50.7. The number of carbonyl (C=O) groups excluding carboxylic acids is 2. The SMILES string of the molecule is CCS(=O)(=O)N1CCN(C(=O)c2ccc(C(=O)N3CCN(S(=O)(=O)CC)CC3)cc2)CC1. The Kier molecular flexibility index (Phi) is 7.58. The molecule has 2 aliphatic rings. The van der Waals surface area contributed by atoms with E-state index in [0.717, 1.165) is 0 Å².